The third-order valence-corrected chi connectivity index (χ3v) is 2.76. The van der Waals surface area contributed by atoms with Gasteiger partial charge in [-0.3, -0.25) is 0 Å². The van der Waals surface area contributed by atoms with Crippen LogP contribution in [0.3, 0.4) is 0 Å². The van der Waals surface area contributed by atoms with Gasteiger partial charge in [-0.2, -0.15) is 0 Å². The Bertz CT molecular complexity index is 405. The highest BCUT2D eigenvalue weighted by Crippen LogP contribution is 2.32. The second-order valence-corrected chi connectivity index (χ2v) is 3.88. The average Bonchev–Trinajstić information content (AvgIpc) is 2.19. The maximum absolute atomic E-state index is 5.38. The Kier molecular flexibility index (Phi) is 2.41. The molecule has 0 N–H and O–H groups in total. The van der Waals surface area contributed by atoms with Gasteiger partial charge in [-0.1, -0.05) is 35.9 Å². The highest BCUT2D eigenvalue weighted by Gasteiger charge is 2.15. The highest BCUT2D eigenvalue weighted by atomic mass is 14.2. The summed E-state index contributed by atoms with van der Waals surface area (Å²) in [7, 11) is 0. The molecule has 1 aliphatic rings. The van der Waals surface area contributed by atoms with Crippen molar-refractivity contribution in [3.05, 3.63) is 41.0 Å². The quantitative estimate of drug-likeness (QED) is 0.583. The van der Waals surface area contributed by atoms with Gasteiger partial charge < -0.3 is 0 Å². The van der Waals surface area contributed by atoms with Gasteiger partial charge in [-0.25, -0.2) is 0 Å². The summed E-state index contributed by atoms with van der Waals surface area (Å²) in [5.41, 5.74) is 4.08. The molecule has 0 nitrogen and oxygen atoms in total. The molecule has 0 heterocycles. The van der Waals surface area contributed by atoms with E-state index < -0.39 is 0 Å². The normalized spacial score (nSPS) is 18.7. The van der Waals surface area contributed by atoms with Crippen LogP contribution in [0.4, 0.5) is 0 Å². The lowest BCUT2D eigenvalue weighted by Crippen LogP contribution is -2.03. The van der Waals surface area contributed by atoms with Crippen LogP contribution in [-0.2, 0) is 0 Å². The molecule has 1 unspecified atom stereocenters. The molecule has 0 saturated heterocycles. The molecule has 0 amide bonds. The lowest BCUT2D eigenvalue weighted by molar-refractivity contribution is 0.716. The zero-order chi connectivity index (χ0) is 9.97. The smallest absolute Gasteiger partial charge is 0.0158 e. The van der Waals surface area contributed by atoms with Gasteiger partial charge in [-0.05, 0) is 30.4 Å². The van der Waals surface area contributed by atoms with Crippen LogP contribution >= 0.6 is 0 Å². The van der Waals surface area contributed by atoms with E-state index in [4.69, 9.17) is 6.42 Å². The first-order valence-electron chi connectivity index (χ1n) is 5.02. The topological polar surface area (TPSA) is 0 Å². The van der Waals surface area contributed by atoms with Gasteiger partial charge in [0.15, 0.2) is 0 Å². The molecule has 0 heteroatoms. The molecule has 14 heavy (non-hydrogen) atoms. The van der Waals surface area contributed by atoms with E-state index in [9.17, 15) is 0 Å². The molecule has 0 saturated carbocycles. The van der Waals surface area contributed by atoms with Crippen LogP contribution in [0.15, 0.2) is 24.3 Å². The Morgan fingerprint density at radius 1 is 1.50 bits per heavy atom. The summed E-state index contributed by atoms with van der Waals surface area (Å²) in [5.74, 6) is 3.29. The van der Waals surface area contributed by atoms with E-state index in [0.717, 1.165) is 12.8 Å². The molecule has 1 aliphatic carbocycles. The number of aryl methyl sites for hydroxylation is 1. The molecule has 0 bridgehead atoms. The number of benzene rings is 1. The monoisotopic (exact) mass is 182 g/mol. The van der Waals surface area contributed by atoms with E-state index in [-0.39, 0.29) is 0 Å². The third kappa shape index (κ3) is 1.59. The molecule has 1 aromatic rings. The second kappa shape index (κ2) is 3.72. The van der Waals surface area contributed by atoms with Crippen molar-refractivity contribution in [2.24, 2.45) is 0 Å². The lowest BCUT2D eigenvalue weighted by Gasteiger charge is -2.20. The molecule has 2 rings (SSSR count). The van der Waals surface area contributed by atoms with Gasteiger partial charge in [0.1, 0.15) is 0 Å². The molecule has 0 fully saturated rings. The van der Waals surface area contributed by atoms with Gasteiger partial charge in [-0.15, -0.1) is 12.3 Å². The maximum Gasteiger partial charge on any atom is 0.0158 e. The van der Waals surface area contributed by atoms with Crippen molar-refractivity contribution in [1.29, 1.82) is 0 Å². The standard InChI is InChI=1S/C14H14/c1-3-5-12-6-4-7-13-9-8-11(2)10-14(12)13/h1,4,7-10,12H,5-6H2,2H3. The number of terminal acetylenes is 1. The Balaban J connectivity index is 2.43. The van der Waals surface area contributed by atoms with E-state index in [1.807, 2.05) is 0 Å². The predicted molar refractivity (Wildman–Crippen MR) is 61.0 cm³/mol. The Morgan fingerprint density at radius 2 is 2.36 bits per heavy atom. The summed E-state index contributed by atoms with van der Waals surface area (Å²) in [4.78, 5) is 0. The van der Waals surface area contributed by atoms with Crippen molar-refractivity contribution in [2.45, 2.75) is 25.7 Å². The number of allylic oxidation sites excluding steroid dienone is 1. The zero-order valence-corrected chi connectivity index (χ0v) is 8.46. The Hall–Kier alpha value is -1.48. The molecular formula is C14H14. The Labute approximate surface area is 85.7 Å². The van der Waals surface area contributed by atoms with E-state index in [1.165, 1.54) is 16.7 Å². The van der Waals surface area contributed by atoms with Crippen LogP contribution in [0.1, 0.15) is 35.4 Å². The van der Waals surface area contributed by atoms with Gasteiger partial charge in [0.05, 0.1) is 0 Å². The van der Waals surface area contributed by atoms with Crippen molar-refractivity contribution in [1.82, 2.24) is 0 Å². The highest BCUT2D eigenvalue weighted by molar-refractivity contribution is 5.58. The number of hydrogen-bond donors (Lipinski definition) is 0. The van der Waals surface area contributed by atoms with Crippen molar-refractivity contribution in [2.75, 3.05) is 0 Å². The SMILES string of the molecule is C#CCC1CC=Cc2ccc(C)cc21. The minimum atomic E-state index is 0.528. The molecule has 1 atom stereocenters. The Morgan fingerprint density at radius 3 is 3.14 bits per heavy atom. The number of rotatable bonds is 1. The van der Waals surface area contributed by atoms with Crippen LogP contribution in [0, 0.1) is 19.3 Å². The minimum absolute atomic E-state index is 0.528. The van der Waals surface area contributed by atoms with Crippen LogP contribution in [-0.4, -0.2) is 0 Å². The molecule has 0 aliphatic heterocycles. The third-order valence-electron chi connectivity index (χ3n) is 2.76. The minimum Gasteiger partial charge on any atom is -0.120 e. The first kappa shape index (κ1) is 9.09. The van der Waals surface area contributed by atoms with E-state index in [2.05, 4.69) is 43.2 Å². The van der Waals surface area contributed by atoms with E-state index in [1.54, 1.807) is 0 Å². The molecule has 0 aromatic heterocycles. The average molecular weight is 182 g/mol. The van der Waals surface area contributed by atoms with Gasteiger partial charge in [0, 0.05) is 6.42 Å². The fourth-order valence-electron chi connectivity index (χ4n) is 2.02. The molecule has 1 aromatic carbocycles. The molecule has 0 radical (unpaired) electrons. The van der Waals surface area contributed by atoms with Gasteiger partial charge >= 0.3 is 0 Å². The van der Waals surface area contributed by atoms with Crippen molar-refractivity contribution in [3.63, 3.8) is 0 Å². The maximum atomic E-state index is 5.38. The van der Waals surface area contributed by atoms with Crippen LogP contribution in [0.5, 0.6) is 0 Å². The summed E-state index contributed by atoms with van der Waals surface area (Å²) in [6.45, 7) is 2.13. The number of fused-ring (bicyclic) bond motifs is 1. The van der Waals surface area contributed by atoms with Gasteiger partial charge in [0.25, 0.3) is 0 Å². The van der Waals surface area contributed by atoms with E-state index >= 15 is 0 Å². The van der Waals surface area contributed by atoms with Gasteiger partial charge in [0.2, 0.25) is 0 Å². The molecule has 70 valence electrons. The van der Waals surface area contributed by atoms with Crippen LogP contribution < -0.4 is 0 Å². The fraction of sp³-hybridized carbons (Fsp3) is 0.286. The summed E-state index contributed by atoms with van der Waals surface area (Å²) < 4.78 is 0. The fourth-order valence-corrected chi connectivity index (χ4v) is 2.02. The first-order chi connectivity index (χ1) is 6.81. The largest absolute Gasteiger partial charge is 0.120 e. The predicted octanol–water partition coefficient (Wildman–Crippen LogP) is 3.52. The summed E-state index contributed by atoms with van der Waals surface area (Å²) in [5, 5.41) is 0. The van der Waals surface area contributed by atoms with Crippen molar-refractivity contribution >= 4 is 6.08 Å². The first-order valence-corrected chi connectivity index (χ1v) is 5.02. The lowest BCUT2D eigenvalue weighted by atomic mass is 9.84. The van der Waals surface area contributed by atoms with Crippen molar-refractivity contribution < 1.29 is 0 Å². The summed E-state index contributed by atoms with van der Waals surface area (Å²) in [6.07, 6.45) is 11.7. The van der Waals surface area contributed by atoms with Crippen molar-refractivity contribution in [3.8, 4) is 12.3 Å². The van der Waals surface area contributed by atoms with E-state index in [0.29, 0.717) is 5.92 Å². The molecular weight excluding hydrogens is 168 g/mol. The number of hydrogen-bond acceptors (Lipinski definition) is 0. The summed E-state index contributed by atoms with van der Waals surface area (Å²) in [6, 6.07) is 6.60. The van der Waals surface area contributed by atoms with Crippen LogP contribution in [0.2, 0.25) is 0 Å². The molecule has 0 spiro atoms. The zero-order valence-electron chi connectivity index (χ0n) is 8.46. The summed E-state index contributed by atoms with van der Waals surface area (Å²) >= 11 is 0. The van der Waals surface area contributed by atoms with Crippen LogP contribution in [0.25, 0.3) is 6.08 Å². The second-order valence-electron chi connectivity index (χ2n) is 3.88.